The fourth-order valence-corrected chi connectivity index (χ4v) is 2.06. The van der Waals surface area contributed by atoms with Crippen molar-refractivity contribution in [1.29, 1.82) is 0 Å². The van der Waals surface area contributed by atoms with E-state index in [4.69, 9.17) is 16.3 Å². The quantitative estimate of drug-likeness (QED) is 0.837. The van der Waals surface area contributed by atoms with Gasteiger partial charge in [0, 0.05) is 17.8 Å². The summed E-state index contributed by atoms with van der Waals surface area (Å²) in [7, 11) is 0. The van der Waals surface area contributed by atoms with Crippen LogP contribution in [0.4, 0.5) is 14.5 Å². The van der Waals surface area contributed by atoms with Gasteiger partial charge < -0.3 is 10.1 Å². The summed E-state index contributed by atoms with van der Waals surface area (Å²) in [6, 6.07) is 8.58. The molecule has 0 saturated heterocycles. The highest BCUT2D eigenvalue weighted by atomic mass is 35.5. The molecule has 2 aromatic carbocycles. The number of anilines is 1. The maximum absolute atomic E-state index is 13.5. The minimum absolute atomic E-state index is 0.0303. The average Bonchev–Trinajstić information content (AvgIpc) is 2.42. The zero-order valence-corrected chi connectivity index (χ0v) is 12.5. The average molecular weight is 312 g/mol. The Kier molecular flexibility index (Phi) is 5.02. The van der Waals surface area contributed by atoms with Gasteiger partial charge in [-0.05, 0) is 50.2 Å². The molecule has 0 heterocycles. The molecular formula is C16H16ClF2NO. The Balaban J connectivity index is 2.07. The van der Waals surface area contributed by atoms with Gasteiger partial charge in [0.2, 0.25) is 0 Å². The summed E-state index contributed by atoms with van der Waals surface area (Å²) in [4.78, 5) is 0. The van der Waals surface area contributed by atoms with Gasteiger partial charge in [-0.3, -0.25) is 0 Å². The molecule has 2 nitrogen and oxygen atoms in total. The van der Waals surface area contributed by atoms with E-state index in [2.05, 4.69) is 5.32 Å². The molecule has 112 valence electrons. The van der Waals surface area contributed by atoms with Crippen LogP contribution in [0, 0.1) is 11.6 Å². The van der Waals surface area contributed by atoms with Crippen molar-refractivity contribution in [3.63, 3.8) is 0 Å². The molecule has 2 rings (SSSR count). The van der Waals surface area contributed by atoms with Crippen molar-refractivity contribution in [2.75, 3.05) is 5.32 Å². The van der Waals surface area contributed by atoms with Crippen molar-refractivity contribution in [2.45, 2.75) is 26.5 Å². The summed E-state index contributed by atoms with van der Waals surface area (Å²) in [5.74, 6) is -0.323. The SMILES string of the molecule is CC(C)Oc1ccc(NCc2cc(F)ccc2F)cc1Cl. The van der Waals surface area contributed by atoms with E-state index in [0.717, 1.165) is 12.1 Å². The molecule has 0 spiro atoms. The zero-order valence-electron chi connectivity index (χ0n) is 11.8. The number of benzene rings is 2. The predicted molar refractivity (Wildman–Crippen MR) is 80.9 cm³/mol. The summed E-state index contributed by atoms with van der Waals surface area (Å²) >= 11 is 6.11. The Morgan fingerprint density at radius 2 is 1.90 bits per heavy atom. The first-order chi connectivity index (χ1) is 9.95. The first-order valence-electron chi connectivity index (χ1n) is 6.59. The Labute approximate surface area is 127 Å². The normalized spacial score (nSPS) is 10.8. The van der Waals surface area contributed by atoms with Gasteiger partial charge in [0.15, 0.2) is 0 Å². The van der Waals surface area contributed by atoms with Crippen molar-refractivity contribution in [1.82, 2.24) is 0 Å². The van der Waals surface area contributed by atoms with Crippen LogP contribution in [0.1, 0.15) is 19.4 Å². The Morgan fingerprint density at radius 1 is 1.14 bits per heavy atom. The Bertz CT molecular complexity index is 632. The van der Waals surface area contributed by atoms with E-state index in [9.17, 15) is 8.78 Å². The van der Waals surface area contributed by atoms with Crippen LogP contribution in [-0.4, -0.2) is 6.10 Å². The van der Waals surface area contributed by atoms with Gasteiger partial charge in [0.25, 0.3) is 0 Å². The molecule has 0 amide bonds. The highest BCUT2D eigenvalue weighted by molar-refractivity contribution is 6.32. The van der Waals surface area contributed by atoms with Gasteiger partial charge in [-0.15, -0.1) is 0 Å². The lowest BCUT2D eigenvalue weighted by Crippen LogP contribution is -2.06. The third-order valence-corrected chi connectivity index (χ3v) is 3.08. The number of hydrogen-bond donors (Lipinski definition) is 1. The van der Waals surface area contributed by atoms with Gasteiger partial charge in [-0.2, -0.15) is 0 Å². The fraction of sp³-hybridized carbons (Fsp3) is 0.250. The van der Waals surface area contributed by atoms with E-state index >= 15 is 0 Å². The van der Waals surface area contributed by atoms with Crippen LogP contribution in [0.2, 0.25) is 5.02 Å². The summed E-state index contributed by atoms with van der Waals surface area (Å²) in [5.41, 5.74) is 0.966. The lowest BCUT2D eigenvalue weighted by atomic mass is 10.2. The Hall–Kier alpha value is -1.81. The van der Waals surface area contributed by atoms with Crippen LogP contribution in [0.5, 0.6) is 5.75 Å². The molecule has 1 N–H and O–H groups in total. The fourth-order valence-electron chi connectivity index (χ4n) is 1.84. The molecule has 21 heavy (non-hydrogen) atoms. The monoisotopic (exact) mass is 311 g/mol. The minimum Gasteiger partial charge on any atom is -0.489 e. The van der Waals surface area contributed by atoms with E-state index in [1.54, 1.807) is 18.2 Å². The molecule has 0 aromatic heterocycles. The molecular weight excluding hydrogens is 296 g/mol. The molecule has 0 saturated carbocycles. The predicted octanol–water partition coefficient (Wildman–Crippen LogP) is 5.02. The topological polar surface area (TPSA) is 21.3 Å². The van der Waals surface area contributed by atoms with Crippen molar-refractivity contribution in [3.05, 3.63) is 58.6 Å². The smallest absolute Gasteiger partial charge is 0.138 e. The maximum Gasteiger partial charge on any atom is 0.138 e. The van der Waals surface area contributed by atoms with E-state index in [1.807, 2.05) is 13.8 Å². The number of halogens is 3. The zero-order chi connectivity index (χ0) is 15.4. The molecule has 0 aliphatic rings. The van der Waals surface area contributed by atoms with Gasteiger partial charge in [0.1, 0.15) is 17.4 Å². The molecule has 0 aliphatic heterocycles. The lowest BCUT2D eigenvalue weighted by Gasteiger charge is -2.13. The van der Waals surface area contributed by atoms with Crippen molar-refractivity contribution in [3.8, 4) is 5.75 Å². The van der Waals surface area contributed by atoms with Crippen molar-refractivity contribution >= 4 is 17.3 Å². The maximum atomic E-state index is 13.5. The molecule has 0 unspecified atom stereocenters. The first-order valence-corrected chi connectivity index (χ1v) is 6.97. The summed E-state index contributed by atoms with van der Waals surface area (Å²) < 4.78 is 32.1. The number of rotatable bonds is 5. The standard InChI is InChI=1S/C16H16ClF2NO/c1-10(2)21-16-6-4-13(8-14(16)17)20-9-11-7-12(18)3-5-15(11)19/h3-8,10,20H,9H2,1-2H3. The second-order valence-corrected chi connectivity index (χ2v) is 5.31. The number of ether oxygens (including phenoxy) is 1. The van der Waals surface area contributed by atoms with Gasteiger partial charge in [0.05, 0.1) is 11.1 Å². The molecule has 2 aromatic rings. The van der Waals surface area contributed by atoms with Gasteiger partial charge >= 0.3 is 0 Å². The third kappa shape index (κ3) is 4.33. The summed E-state index contributed by atoms with van der Waals surface area (Å²) in [6.45, 7) is 3.99. The molecule has 0 aliphatic carbocycles. The lowest BCUT2D eigenvalue weighted by molar-refractivity contribution is 0.242. The van der Waals surface area contributed by atoms with Gasteiger partial charge in [-0.1, -0.05) is 11.6 Å². The second-order valence-electron chi connectivity index (χ2n) is 4.90. The largest absolute Gasteiger partial charge is 0.489 e. The molecule has 5 heteroatoms. The highest BCUT2D eigenvalue weighted by Gasteiger charge is 2.07. The minimum atomic E-state index is -0.466. The van der Waals surface area contributed by atoms with Crippen LogP contribution in [0.25, 0.3) is 0 Å². The molecule has 0 bridgehead atoms. The third-order valence-electron chi connectivity index (χ3n) is 2.79. The van der Waals surface area contributed by atoms with E-state index in [1.165, 1.54) is 6.07 Å². The number of hydrogen-bond acceptors (Lipinski definition) is 2. The number of nitrogens with one attached hydrogen (secondary N) is 1. The molecule has 0 radical (unpaired) electrons. The van der Waals surface area contributed by atoms with Crippen molar-refractivity contribution < 1.29 is 13.5 Å². The first kappa shape index (κ1) is 15.6. The van der Waals surface area contributed by atoms with Crippen LogP contribution >= 0.6 is 11.6 Å². The van der Waals surface area contributed by atoms with E-state index < -0.39 is 11.6 Å². The van der Waals surface area contributed by atoms with Crippen molar-refractivity contribution in [2.24, 2.45) is 0 Å². The van der Waals surface area contributed by atoms with Gasteiger partial charge in [-0.25, -0.2) is 8.78 Å². The second kappa shape index (κ2) is 6.76. The van der Waals surface area contributed by atoms with Crippen LogP contribution in [0.15, 0.2) is 36.4 Å². The molecule has 0 fully saturated rings. The van der Waals surface area contributed by atoms with E-state index in [-0.39, 0.29) is 18.2 Å². The van der Waals surface area contributed by atoms with Crippen LogP contribution < -0.4 is 10.1 Å². The van der Waals surface area contributed by atoms with Crippen LogP contribution in [-0.2, 0) is 6.54 Å². The summed E-state index contributed by atoms with van der Waals surface area (Å²) in [6.07, 6.45) is 0.0303. The summed E-state index contributed by atoms with van der Waals surface area (Å²) in [5, 5.41) is 3.47. The highest BCUT2D eigenvalue weighted by Crippen LogP contribution is 2.28. The molecule has 0 atom stereocenters. The van der Waals surface area contributed by atoms with Crippen LogP contribution in [0.3, 0.4) is 0 Å². The Morgan fingerprint density at radius 3 is 2.57 bits per heavy atom. The van der Waals surface area contributed by atoms with E-state index in [0.29, 0.717) is 16.5 Å².